The lowest BCUT2D eigenvalue weighted by molar-refractivity contribution is -0.00490. The Balaban J connectivity index is 1.33. The summed E-state index contributed by atoms with van der Waals surface area (Å²) < 4.78 is 24.4. The number of piperidine rings is 2. The van der Waals surface area contributed by atoms with Crippen LogP contribution in [0.25, 0.3) is 5.69 Å². The number of nitrogens with zero attached hydrogens (tertiary/aromatic N) is 5. The molecule has 2 bridgehead atoms. The normalized spacial score (nSPS) is 22.1. The first kappa shape index (κ1) is 20.4. The predicted octanol–water partition coefficient (Wildman–Crippen LogP) is 3.13. The summed E-state index contributed by atoms with van der Waals surface area (Å²) in [6.07, 6.45) is 7.20. The van der Waals surface area contributed by atoms with Crippen molar-refractivity contribution >= 4 is 5.91 Å². The van der Waals surface area contributed by atoms with E-state index in [0.717, 1.165) is 25.5 Å². The molecule has 166 valence electrons. The van der Waals surface area contributed by atoms with Crippen molar-refractivity contribution in [3.05, 3.63) is 60.3 Å². The van der Waals surface area contributed by atoms with Crippen molar-refractivity contribution in [3.63, 3.8) is 0 Å². The Morgan fingerprint density at radius 3 is 2.72 bits per heavy atom. The van der Waals surface area contributed by atoms with Crippen LogP contribution in [0.5, 0.6) is 11.6 Å². The van der Waals surface area contributed by atoms with E-state index in [1.54, 1.807) is 31.6 Å². The summed E-state index contributed by atoms with van der Waals surface area (Å²) in [5, 5.41) is 8.40. The second kappa shape index (κ2) is 8.57. The van der Waals surface area contributed by atoms with Crippen LogP contribution in [0, 0.1) is 17.7 Å². The molecule has 3 atom stereocenters. The lowest BCUT2D eigenvalue weighted by Crippen LogP contribution is -2.55. The monoisotopic (exact) mass is 437 g/mol. The maximum absolute atomic E-state index is 13.7. The first-order valence-electron chi connectivity index (χ1n) is 10.7. The van der Waals surface area contributed by atoms with Gasteiger partial charge >= 0.3 is 0 Å². The molecule has 3 aromatic rings. The van der Waals surface area contributed by atoms with Crippen LogP contribution >= 0.6 is 0 Å². The van der Waals surface area contributed by atoms with Crippen LogP contribution in [0.4, 0.5) is 4.39 Å². The van der Waals surface area contributed by atoms with E-state index in [4.69, 9.17) is 9.47 Å². The molecule has 1 aromatic carbocycles. The number of carbonyl (C=O) groups is 1. The molecule has 3 unspecified atom stereocenters. The van der Waals surface area contributed by atoms with Crippen LogP contribution in [0.1, 0.15) is 29.6 Å². The molecule has 4 heterocycles. The van der Waals surface area contributed by atoms with Crippen molar-refractivity contribution in [3.8, 4) is 17.3 Å². The molecule has 1 saturated carbocycles. The third-order valence-electron chi connectivity index (χ3n) is 6.46. The largest absolute Gasteiger partial charge is 0.496 e. The summed E-state index contributed by atoms with van der Waals surface area (Å²) in [6.45, 7) is 1.18. The number of rotatable bonds is 6. The highest BCUT2D eigenvalue weighted by atomic mass is 19.1. The van der Waals surface area contributed by atoms with Crippen LogP contribution in [0.2, 0.25) is 0 Å². The fourth-order valence-corrected chi connectivity index (χ4v) is 4.88. The van der Waals surface area contributed by atoms with Crippen molar-refractivity contribution in [2.24, 2.45) is 11.8 Å². The molecule has 1 amide bonds. The van der Waals surface area contributed by atoms with Crippen molar-refractivity contribution in [1.29, 1.82) is 0 Å². The SMILES string of the molecule is COc1cccc(-n2nccn2)c1C(=O)N1CC2CCC1CC2COc1ccc(F)cn1. The van der Waals surface area contributed by atoms with Crippen LogP contribution in [-0.4, -0.2) is 57.1 Å². The van der Waals surface area contributed by atoms with Crippen LogP contribution in [0.3, 0.4) is 0 Å². The van der Waals surface area contributed by atoms with E-state index in [9.17, 15) is 9.18 Å². The molecule has 8 nitrogen and oxygen atoms in total. The molecule has 9 heteroatoms. The first-order valence-corrected chi connectivity index (χ1v) is 10.7. The predicted molar refractivity (Wildman–Crippen MR) is 113 cm³/mol. The van der Waals surface area contributed by atoms with Gasteiger partial charge in [0.05, 0.1) is 32.3 Å². The van der Waals surface area contributed by atoms with Crippen LogP contribution < -0.4 is 9.47 Å². The third kappa shape index (κ3) is 3.79. The standard InChI is InChI=1S/C23H24FN5O3/c1-31-20-4-2-3-19(29-26-9-10-27-29)22(20)23(30)28-13-15-5-7-18(28)11-16(15)14-32-21-8-6-17(24)12-25-21/h2-4,6,8-10,12,15-16,18H,5,7,11,13-14H2,1H3. The lowest BCUT2D eigenvalue weighted by atomic mass is 9.72. The molecule has 0 spiro atoms. The zero-order valence-electron chi connectivity index (χ0n) is 17.7. The number of ether oxygens (including phenoxy) is 2. The first-order chi connectivity index (χ1) is 15.6. The van der Waals surface area contributed by atoms with Gasteiger partial charge in [-0.3, -0.25) is 4.79 Å². The van der Waals surface area contributed by atoms with Gasteiger partial charge in [0.15, 0.2) is 0 Å². The Morgan fingerprint density at radius 2 is 2.03 bits per heavy atom. The topological polar surface area (TPSA) is 82.4 Å². The van der Waals surface area contributed by atoms with Gasteiger partial charge in [0, 0.05) is 18.7 Å². The molecule has 2 saturated heterocycles. The van der Waals surface area contributed by atoms with Crippen molar-refractivity contribution in [1.82, 2.24) is 24.9 Å². The minimum atomic E-state index is -0.385. The van der Waals surface area contributed by atoms with E-state index in [-0.39, 0.29) is 17.8 Å². The number of carbonyl (C=O) groups excluding carboxylic acids is 1. The van der Waals surface area contributed by atoms with Gasteiger partial charge in [0.25, 0.3) is 5.91 Å². The highest BCUT2D eigenvalue weighted by molar-refractivity contribution is 6.00. The van der Waals surface area contributed by atoms with E-state index < -0.39 is 0 Å². The Morgan fingerprint density at radius 1 is 1.19 bits per heavy atom. The fraction of sp³-hybridized carbons (Fsp3) is 0.391. The highest BCUT2D eigenvalue weighted by Crippen LogP contribution is 2.41. The second-order valence-corrected chi connectivity index (χ2v) is 8.24. The number of pyridine rings is 1. The second-order valence-electron chi connectivity index (χ2n) is 8.24. The van der Waals surface area contributed by atoms with E-state index >= 15 is 0 Å². The van der Waals surface area contributed by atoms with E-state index in [1.807, 2.05) is 17.0 Å². The average Bonchev–Trinajstić information content (AvgIpc) is 3.38. The van der Waals surface area contributed by atoms with Gasteiger partial charge in [-0.05, 0) is 49.3 Å². The van der Waals surface area contributed by atoms with Gasteiger partial charge in [0.1, 0.15) is 22.8 Å². The van der Waals surface area contributed by atoms with Gasteiger partial charge in [-0.25, -0.2) is 9.37 Å². The maximum atomic E-state index is 13.7. The summed E-state index contributed by atoms with van der Waals surface area (Å²) in [5.41, 5.74) is 1.07. The summed E-state index contributed by atoms with van der Waals surface area (Å²) in [7, 11) is 1.56. The fourth-order valence-electron chi connectivity index (χ4n) is 4.88. The smallest absolute Gasteiger partial charge is 0.260 e. The van der Waals surface area contributed by atoms with Crippen molar-refractivity contribution < 1.29 is 18.7 Å². The molecule has 2 aromatic heterocycles. The molecular weight excluding hydrogens is 413 g/mol. The van der Waals surface area contributed by atoms with Crippen molar-refractivity contribution in [2.45, 2.75) is 25.3 Å². The molecule has 0 radical (unpaired) electrons. The quantitative estimate of drug-likeness (QED) is 0.589. The number of hydrogen-bond donors (Lipinski definition) is 0. The molecule has 3 fully saturated rings. The van der Waals surface area contributed by atoms with Gasteiger partial charge in [0.2, 0.25) is 5.88 Å². The number of methoxy groups -OCH3 is 1. The van der Waals surface area contributed by atoms with E-state index in [1.165, 1.54) is 10.9 Å². The summed E-state index contributed by atoms with van der Waals surface area (Å²) >= 11 is 0. The number of hydrogen-bond acceptors (Lipinski definition) is 6. The molecule has 32 heavy (non-hydrogen) atoms. The molecule has 6 rings (SSSR count). The minimum absolute atomic E-state index is 0.0657. The van der Waals surface area contributed by atoms with Gasteiger partial charge < -0.3 is 14.4 Å². The number of aromatic nitrogens is 4. The number of fused-ring (bicyclic) bond motifs is 3. The average molecular weight is 437 g/mol. The van der Waals surface area contributed by atoms with Gasteiger partial charge in [-0.2, -0.15) is 15.0 Å². The zero-order chi connectivity index (χ0) is 22.1. The Labute approximate surface area is 185 Å². The third-order valence-corrected chi connectivity index (χ3v) is 6.46. The Hall–Kier alpha value is -3.49. The van der Waals surface area contributed by atoms with E-state index in [0.29, 0.717) is 47.9 Å². The summed E-state index contributed by atoms with van der Waals surface area (Å²) in [5.74, 6) is 1.15. The Bertz CT molecular complexity index is 1090. The zero-order valence-corrected chi connectivity index (χ0v) is 17.7. The molecule has 1 aliphatic carbocycles. The van der Waals surface area contributed by atoms with Gasteiger partial charge in [-0.15, -0.1) is 0 Å². The molecule has 0 N–H and O–H groups in total. The van der Waals surface area contributed by atoms with E-state index in [2.05, 4.69) is 15.2 Å². The lowest BCUT2D eigenvalue weighted by Gasteiger charge is -2.49. The number of amides is 1. The number of benzene rings is 1. The van der Waals surface area contributed by atoms with Gasteiger partial charge in [-0.1, -0.05) is 6.07 Å². The minimum Gasteiger partial charge on any atom is -0.496 e. The maximum Gasteiger partial charge on any atom is 0.260 e. The summed E-state index contributed by atoms with van der Waals surface area (Å²) in [6, 6.07) is 8.45. The van der Waals surface area contributed by atoms with Crippen LogP contribution in [0.15, 0.2) is 48.9 Å². The molecule has 2 aliphatic heterocycles. The Kier molecular flexibility index (Phi) is 5.46. The highest BCUT2D eigenvalue weighted by Gasteiger charge is 2.43. The number of halogens is 1. The summed E-state index contributed by atoms with van der Waals surface area (Å²) in [4.78, 5) is 21.1. The van der Waals surface area contributed by atoms with Crippen LogP contribution in [-0.2, 0) is 0 Å². The molecule has 3 aliphatic rings. The molecular formula is C23H24FN5O3. The van der Waals surface area contributed by atoms with Crippen molar-refractivity contribution in [2.75, 3.05) is 20.3 Å².